The summed E-state index contributed by atoms with van der Waals surface area (Å²) in [6.45, 7) is 2.44. The van der Waals surface area contributed by atoms with Crippen LogP contribution in [0.15, 0.2) is 35.3 Å². The Labute approximate surface area is 156 Å². The lowest BCUT2D eigenvalue weighted by atomic mass is 10.1. The molecule has 1 aromatic carbocycles. The second kappa shape index (κ2) is 7.69. The third-order valence-electron chi connectivity index (χ3n) is 4.27. The summed E-state index contributed by atoms with van der Waals surface area (Å²) in [4.78, 5) is 35.4. The molecule has 0 radical (unpaired) electrons. The molecular weight excluding hydrogens is 349 g/mol. The van der Waals surface area contributed by atoms with Crippen LogP contribution in [0.4, 0.5) is 9.18 Å². The molecule has 0 saturated carbocycles. The average Bonchev–Trinajstić information content (AvgIpc) is 2.91. The van der Waals surface area contributed by atoms with E-state index < -0.39 is 11.7 Å². The van der Waals surface area contributed by atoms with Gasteiger partial charge < -0.3 is 4.90 Å². The molecule has 0 spiro atoms. The largest absolute Gasteiger partial charge is 0.338 e. The number of amides is 1. The number of rotatable bonds is 5. The zero-order chi connectivity index (χ0) is 19.6. The Hall–Kier alpha value is -3.03. The maximum Gasteiger partial charge on any atom is 0.338 e. The van der Waals surface area contributed by atoms with E-state index in [2.05, 4.69) is 9.97 Å². The van der Waals surface area contributed by atoms with Crippen molar-refractivity contribution in [2.75, 3.05) is 14.1 Å². The molecule has 2 aromatic heterocycles. The molecule has 0 bridgehead atoms. The molecule has 0 unspecified atom stereocenters. The van der Waals surface area contributed by atoms with E-state index in [1.807, 2.05) is 13.0 Å². The minimum absolute atomic E-state index is 0.286. The number of benzene rings is 1. The third-order valence-corrected chi connectivity index (χ3v) is 4.27. The van der Waals surface area contributed by atoms with Crippen molar-refractivity contribution in [2.45, 2.75) is 32.7 Å². The molecule has 0 N–H and O–H groups in total. The van der Waals surface area contributed by atoms with Crippen LogP contribution in [0, 0.1) is 5.82 Å². The lowest BCUT2D eigenvalue weighted by molar-refractivity contribution is 0.219. The number of hydrogen-bond donors (Lipinski definition) is 0. The molecule has 27 heavy (non-hydrogen) atoms. The Kier molecular flexibility index (Phi) is 5.34. The van der Waals surface area contributed by atoms with Crippen molar-refractivity contribution in [1.82, 2.24) is 24.0 Å². The Morgan fingerprint density at radius 3 is 2.70 bits per heavy atom. The number of carbonyl (C=O) groups is 1. The van der Waals surface area contributed by atoms with Crippen molar-refractivity contribution < 1.29 is 9.18 Å². The number of aryl methyl sites for hydroxylation is 3. The van der Waals surface area contributed by atoms with Crippen LogP contribution in [0.3, 0.4) is 0 Å². The molecule has 3 aromatic rings. The predicted molar refractivity (Wildman–Crippen MR) is 100 cm³/mol. The van der Waals surface area contributed by atoms with E-state index in [9.17, 15) is 14.0 Å². The zero-order valence-electron chi connectivity index (χ0n) is 15.6. The summed E-state index contributed by atoms with van der Waals surface area (Å²) in [6, 6.07) is 5.92. The first-order chi connectivity index (χ1) is 12.9. The van der Waals surface area contributed by atoms with Gasteiger partial charge in [0.2, 0.25) is 0 Å². The van der Waals surface area contributed by atoms with Gasteiger partial charge in [-0.1, -0.05) is 19.1 Å². The molecule has 2 heterocycles. The maximum atomic E-state index is 13.3. The Bertz CT molecular complexity index is 1040. The summed E-state index contributed by atoms with van der Waals surface area (Å²) in [5.74, 6) is 0.214. The number of carbonyl (C=O) groups excluding carboxylic acids is 1. The van der Waals surface area contributed by atoms with Gasteiger partial charge in [0.25, 0.3) is 0 Å². The minimum atomic E-state index is -0.449. The number of aromatic nitrogens is 4. The molecule has 0 atom stereocenters. The number of hydrogen-bond acceptors (Lipinski definition) is 4. The first kappa shape index (κ1) is 18.8. The molecule has 8 heteroatoms. The zero-order valence-corrected chi connectivity index (χ0v) is 15.6. The molecule has 142 valence electrons. The van der Waals surface area contributed by atoms with Gasteiger partial charge in [-0.25, -0.2) is 23.9 Å². The van der Waals surface area contributed by atoms with E-state index in [4.69, 9.17) is 0 Å². The van der Waals surface area contributed by atoms with Crippen molar-refractivity contribution >= 4 is 17.2 Å². The van der Waals surface area contributed by atoms with Gasteiger partial charge in [0.15, 0.2) is 5.65 Å². The lowest BCUT2D eigenvalue weighted by Gasteiger charge is -2.10. The topological polar surface area (TPSA) is 73.0 Å². The van der Waals surface area contributed by atoms with Crippen molar-refractivity contribution in [3.05, 3.63) is 58.2 Å². The molecule has 0 fully saturated rings. The van der Waals surface area contributed by atoms with Crippen LogP contribution in [0.25, 0.3) is 11.2 Å². The first-order valence-corrected chi connectivity index (χ1v) is 8.85. The number of imidazole rings is 1. The number of halogens is 1. The van der Waals surface area contributed by atoms with Gasteiger partial charge >= 0.3 is 11.7 Å². The number of nitrogens with zero attached hydrogens (tertiary/aromatic N) is 5. The quantitative estimate of drug-likeness (QED) is 0.691. The van der Waals surface area contributed by atoms with Crippen molar-refractivity contribution in [2.24, 2.45) is 0 Å². The van der Waals surface area contributed by atoms with Crippen LogP contribution in [0.2, 0.25) is 0 Å². The number of fused-ring (bicyclic) bond motifs is 1. The minimum Gasteiger partial charge on any atom is -0.330 e. The standard InChI is InChI=1S/C19H22FN5O2/c1-4-10-24-15-12-21-16(9-8-13-6-5-7-14(20)11-13)22-17(15)25(19(24)27)18(26)23(2)3/h5-7,11-12H,4,8-10H2,1-3H3. The van der Waals surface area contributed by atoms with Crippen molar-refractivity contribution in [1.29, 1.82) is 0 Å². The monoisotopic (exact) mass is 371 g/mol. The molecule has 0 aliphatic rings. The van der Waals surface area contributed by atoms with Crippen LogP contribution in [-0.2, 0) is 19.4 Å². The summed E-state index contributed by atoms with van der Waals surface area (Å²) in [5.41, 5.74) is 1.26. The fraction of sp³-hybridized carbons (Fsp3) is 0.368. The smallest absolute Gasteiger partial charge is 0.330 e. The van der Waals surface area contributed by atoms with Crippen LogP contribution in [-0.4, -0.2) is 44.1 Å². The fourth-order valence-electron chi connectivity index (χ4n) is 2.95. The molecule has 1 amide bonds. The van der Waals surface area contributed by atoms with E-state index in [1.165, 1.54) is 21.6 Å². The highest BCUT2D eigenvalue weighted by atomic mass is 19.1. The molecule has 0 saturated heterocycles. The first-order valence-electron chi connectivity index (χ1n) is 8.85. The lowest BCUT2D eigenvalue weighted by Crippen LogP contribution is -2.36. The Morgan fingerprint density at radius 1 is 1.26 bits per heavy atom. The fourth-order valence-corrected chi connectivity index (χ4v) is 2.95. The van der Waals surface area contributed by atoms with Crippen LogP contribution in [0.1, 0.15) is 24.7 Å². The maximum absolute atomic E-state index is 13.3. The molecule has 7 nitrogen and oxygen atoms in total. The van der Waals surface area contributed by atoms with E-state index >= 15 is 0 Å². The summed E-state index contributed by atoms with van der Waals surface area (Å²) in [5, 5.41) is 0. The van der Waals surface area contributed by atoms with Gasteiger partial charge in [-0.05, 0) is 30.5 Å². The summed E-state index contributed by atoms with van der Waals surface area (Å²) in [7, 11) is 3.17. The van der Waals surface area contributed by atoms with Gasteiger partial charge in [-0.2, -0.15) is 4.57 Å². The molecular formula is C19H22FN5O2. The summed E-state index contributed by atoms with van der Waals surface area (Å²) >= 11 is 0. The van der Waals surface area contributed by atoms with Crippen LogP contribution < -0.4 is 5.69 Å². The van der Waals surface area contributed by atoms with E-state index in [1.54, 1.807) is 26.4 Å². The third kappa shape index (κ3) is 3.74. The van der Waals surface area contributed by atoms with E-state index in [-0.39, 0.29) is 5.82 Å². The SMILES string of the molecule is CCCn1c(=O)n(C(=O)N(C)C)c2nc(CCc3cccc(F)c3)ncc21. The van der Waals surface area contributed by atoms with Crippen LogP contribution >= 0.6 is 0 Å². The summed E-state index contributed by atoms with van der Waals surface area (Å²) < 4.78 is 15.9. The highest BCUT2D eigenvalue weighted by Gasteiger charge is 2.21. The van der Waals surface area contributed by atoms with Gasteiger partial charge in [-0.15, -0.1) is 0 Å². The van der Waals surface area contributed by atoms with Crippen LogP contribution in [0.5, 0.6) is 0 Å². The van der Waals surface area contributed by atoms with Gasteiger partial charge in [0.05, 0.1) is 6.20 Å². The molecule has 0 aliphatic heterocycles. The predicted octanol–water partition coefficient (Wildman–Crippen LogP) is 2.46. The molecule has 0 aliphatic carbocycles. The highest BCUT2D eigenvalue weighted by molar-refractivity contribution is 5.86. The highest BCUT2D eigenvalue weighted by Crippen LogP contribution is 2.13. The van der Waals surface area contributed by atoms with E-state index in [0.717, 1.165) is 16.6 Å². The normalized spacial score (nSPS) is 11.1. The van der Waals surface area contributed by atoms with E-state index in [0.29, 0.717) is 36.4 Å². The van der Waals surface area contributed by atoms with Crippen molar-refractivity contribution in [3.63, 3.8) is 0 Å². The molecule has 3 rings (SSSR count). The van der Waals surface area contributed by atoms with Gasteiger partial charge in [-0.3, -0.25) is 4.57 Å². The van der Waals surface area contributed by atoms with Gasteiger partial charge in [0.1, 0.15) is 17.2 Å². The average molecular weight is 371 g/mol. The summed E-state index contributed by atoms with van der Waals surface area (Å²) in [6.07, 6.45) is 3.36. The second-order valence-electron chi connectivity index (χ2n) is 6.57. The second-order valence-corrected chi connectivity index (χ2v) is 6.57. The van der Waals surface area contributed by atoms with Gasteiger partial charge in [0, 0.05) is 27.1 Å². The van der Waals surface area contributed by atoms with Crippen molar-refractivity contribution in [3.8, 4) is 0 Å². The Balaban J connectivity index is 2.01. The Morgan fingerprint density at radius 2 is 2.04 bits per heavy atom.